The summed E-state index contributed by atoms with van der Waals surface area (Å²) in [6.07, 6.45) is 0. The molecule has 0 aliphatic heterocycles. The number of hydrogen-bond donors (Lipinski definition) is 1. The molecule has 0 aliphatic carbocycles. The van der Waals surface area contributed by atoms with Gasteiger partial charge in [0.05, 0.1) is 0 Å². The van der Waals surface area contributed by atoms with Gasteiger partial charge in [-0.3, -0.25) is 5.32 Å². The average molecular weight is 249 g/mol. The second kappa shape index (κ2) is 5.82. The molecule has 5 heteroatoms. The van der Waals surface area contributed by atoms with Crippen LogP contribution in [-0.2, 0) is 12.0 Å². The van der Waals surface area contributed by atoms with Crippen LogP contribution in [0.25, 0.3) is 0 Å². The summed E-state index contributed by atoms with van der Waals surface area (Å²) in [5, 5.41) is 8.79. The average Bonchev–Trinajstić information content (AvgIpc) is 2.27. The van der Waals surface area contributed by atoms with E-state index in [1.165, 1.54) is 0 Å². The third-order valence-electron chi connectivity index (χ3n) is 2.77. The van der Waals surface area contributed by atoms with Gasteiger partial charge in [0.1, 0.15) is 12.4 Å². The van der Waals surface area contributed by atoms with Gasteiger partial charge in [-0.1, -0.05) is 38.1 Å². The quantitative estimate of drug-likeness (QED) is 0.641. The molecule has 1 aromatic carbocycles. The molecule has 0 fully saturated rings. The summed E-state index contributed by atoms with van der Waals surface area (Å²) in [5.74, 6) is 0. The molecule has 0 unspecified atom stereocenters. The maximum atomic E-state index is 10.9. The summed E-state index contributed by atoms with van der Waals surface area (Å²) in [6, 6.07) is 3.87. The maximum Gasteiger partial charge on any atom is 0.131 e. The van der Waals surface area contributed by atoms with Crippen LogP contribution in [0.1, 0.15) is 37.5 Å². The van der Waals surface area contributed by atoms with Gasteiger partial charge in [0.15, 0.2) is 0 Å². The summed E-state index contributed by atoms with van der Waals surface area (Å²) in [6.45, 7) is 8.63. The van der Waals surface area contributed by atoms with Crippen molar-refractivity contribution in [1.82, 2.24) is 5.32 Å². The first-order valence-electron chi connectivity index (χ1n) is 5.87. The summed E-state index contributed by atoms with van der Waals surface area (Å²) in [5.41, 5.74) is 3.17. The van der Waals surface area contributed by atoms with Crippen molar-refractivity contribution in [3.63, 3.8) is 0 Å². The third-order valence-corrected chi connectivity index (χ3v) is 2.77. The first-order valence-corrected chi connectivity index (χ1v) is 5.87. The monoisotopic (exact) mass is 249 g/mol. The zero-order valence-electron chi connectivity index (χ0n) is 11.3. The van der Waals surface area contributed by atoms with Crippen molar-refractivity contribution in [3.8, 4) is 0 Å². The lowest BCUT2D eigenvalue weighted by molar-refractivity contribution is 0.588. The van der Waals surface area contributed by atoms with E-state index in [0.29, 0.717) is 12.2 Å². The SMILES string of the molecule is Cc1cc(CNCN=O)cc(C(C)(C)C)c1N=O. The summed E-state index contributed by atoms with van der Waals surface area (Å²) in [7, 11) is 0. The van der Waals surface area contributed by atoms with Crippen molar-refractivity contribution in [2.45, 2.75) is 39.7 Å². The fourth-order valence-electron chi connectivity index (χ4n) is 1.90. The van der Waals surface area contributed by atoms with E-state index in [-0.39, 0.29) is 12.1 Å². The number of hydrogen-bond acceptors (Lipinski definition) is 5. The Labute approximate surface area is 107 Å². The molecular formula is C13H19N3O2. The van der Waals surface area contributed by atoms with E-state index < -0.39 is 0 Å². The van der Waals surface area contributed by atoms with Crippen molar-refractivity contribution in [2.24, 2.45) is 10.4 Å². The Kier molecular flexibility index (Phi) is 4.67. The van der Waals surface area contributed by atoms with Gasteiger partial charge in [-0.05, 0) is 34.2 Å². The van der Waals surface area contributed by atoms with Crippen LogP contribution in [0, 0.1) is 16.7 Å². The minimum absolute atomic E-state index is 0.0809. The molecule has 0 amide bonds. The molecular weight excluding hydrogens is 230 g/mol. The number of benzene rings is 1. The molecule has 1 aromatic rings. The summed E-state index contributed by atoms with van der Waals surface area (Å²) in [4.78, 5) is 21.0. The van der Waals surface area contributed by atoms with Gasteiger partial charge in [0.2, 0.25) is 0 Å². The Bertz CT molecular complexity index is 450. The van der Waals surface area contributed by atoms with Crippen molar-refractivity contribution in [1.29, 1.82) is 0 Å². The minimum Gasteiger partial charge on any atom is -0.291 e. The largest absolute Gasteiger partial charge is 0.291 e. The first kappa shape index (κ1) is 14.4. The predicted molar refractivity (Wildman–Crippen MR) is 72.8 cm³/mol. The molecule has 0 aliphatic rings. The topological polar surface area (TPSA) is 70.9 Å². The molecule has 0 saturated heterocycles. The van der Waals surface area contributed by atoms with Gasteiger partial charge < -0.3 is 0 Å². The van der Waals surface area contributed by atoms with Crippen molar-refractivity contribution < 1.29 is 0 Å². The van der Waals surface area contributed by atoms with Crippen LogP contribution >= 0.6 is 0 Å². The fraction of sp³-hybridized carbons (Fsp3) is 0.538. The van der Waals surface area contributed by atoms with E-state index in [1.807, 2.05) is 39.8 Å². The Morgan fingerprint density at radius 1 is 1.22 bits per heavy atom. The highest BCUT2D eigenvalue weighted by molar-refractivity contribution is 5.57. The Morgan fingerprint density at radius 3 is 2.39 bits per heavy atom. The lowest BCUT2D eigenvalue weighted by Gasteiger charge is -2.22. The number of nitroso groups, excluding NO2 is 2. The Hall–Kier alpha value is -1.62. The van der Waals surface area contributed by atoms with Crippen molar-refractivity contribution >= 4 is 5.69 Å². The molecule has 5 nitrogen and oxygen atoms in total. The van der Waals surface area contributed by atoms with Gasteiger partial charge in [-0.2, -0.15) is 0 Å². The van der Waals surface area contributed by atoms with E-state index in [9.17, 15) is 9.81 Å². The van der Waals surface area contributed by atoms with Crippen molar-refractivity contribution in [3.05, 3.63) is 38.6 Å². The minimum atomic E-state index is -0.146. The molecule has 0 atom stereocenters. The fourth-order valence-corrected chi connectivity index (χ4v) is 1.90. The highest BCUT2D eigenvalue weighted by atomic mass is 16.3. The molecule has 18 heavy (non-hydrogen) atoms. The zero-order valence-corrected chi connectivity index (χ0v) is 11.3. The van der Waals surface area contributed by atoms with Crippen LogP contribution in [0.5, 0.6) is 0 Å². The van der Waals surface area contributed by atoms with E-state index in [4.69, 9.17) is 0 Å². The van der Waals surface area contributed by atoms with Crippen LogP contribution < -0.4 is 5.32 Å². The van der Waals surface area contributed by atoms with Crippen LogP contribution in [0.3, 0.4) is 0 Å². The maximum absolute atomic E-state index is 10.9. The van der Waals surface area contributed by atoms with E-state index in [0.717, 1.165) is 16.7 Å². The number of aryl methyl sites for hydroxylation is 1. The highest BCUT2D eigenvalue weighted by Crippen LogP contribution is 2.35. The zero-order chi connectivity index (χ0) is 13.8. The normalized spacial score (nSPS) is 11.3. The first-order chi connectivity index (χ1) is 8.40. The number of nitrogens with zero attached hydrogens (tertiary/aromatic N) is 2. The van der Waals surface area contributed by atoms with Gasteiger partial charge in [-0.15, -0.1) is 9.81 Å². The lowest BCUT2D eigenvalue weighted by atomic mass is 9.83. The van der Waals surface area contributed by atoms with Gasteiger partial charge in [0.25, 0.3) is 0 Å². The van der Waals surface area contributed by atoms with Crippen LogP contribution in [0.2, 0.25) is 0 Å². The predicted octanol–water partition coefficient (Wildman–Crippen LogP) is 3.50. The van der Waals surface area contributed by atoms with E-state index >= 15 is 0 Å². The standard InChI is InChI=1S/C13H19N3O2/c1-9-5-10(7-14-8-15-17)6-11(12(9)16-18)13(2,3)4/h5-6,14H,7-8H2,1-4H3. The second-order valence-corrected chi connectivity index (χ2v) is 5.36. The molecule has 0 radical (unpaired) electrons. The Morgan fingerprint density at radius 2 is 1.89 bits per heavy atom. The summed E-state index contributed by atoms with van der Waals surface area (Å²) >= 11 is 0. The molecule has 0 heterocycles. The highest BCUT2D eigenvalue weighted by Gasteiger charge is 2.21. The number of nitrogens with one attached hydrogen (secondary N) is 1. The van der Waals surface area contributed by atoms with Gasteiger partial charge in [-0.25, -0.2) is 0 Å². The molecule has 98 valence electrons. The van der Waals surface area contributed by atoms with Crippen LogP contribution in [0.15, 0.2) is 22.5 Å². The molecule has 1 N–H and O–H groups in total. The lowest BCUT2D eigenvalue weighted by Crippen LogP contribution is -2.16. The van der Waals surface area contributed by atoms with Crippen molar-refractivity contribution in [2.75, 3.05) is 6.67 Å². The summed E-state index contributed by atoms with van der Waals surface area (Å²) < 4.78 is 0. The molecule has 0 aromatic heterocycles. The van der Waals surface area contributed by atoms with Gasteiger partial charge >= 0.3 is 0 Å². The van der Waals surface area contributed by atoms with Crippen LogP contribution in [-0.4, -0.2) is 6.67 Å². The molecule has 0 saturated carbocycles. The molecule has 0 spiro atoms. The third kappa shape index (κ3) is 3.43. The Balaban J connectivity index is 3.14. The smallest absolute Gasteiger partial charge is 0.131 e. The number of rotatable bonds is 5. The molecule has 1 rings (SSSR count). The molecule has 0 bridgehead atoms. The van der Waals surface area contributed by atoms with E-state index in [2.05, 4.69) is 15.7 Å². The second-order valence-electron chi connectivity index (χ2n) is 5.36. The van der Waals surface area contributed by atoms with E-state index in [1.54, 1.807) is 0 Å². The van der Waals surface area contributed by atoms with Crippen LogP contribution in [0.4, 0.5) is 5.69 Å². The van der Waals surface area contributed by atoms with Gasteiger partial charge in [0, 0.05) is 6.54 Å².